The van der Waals surface area contributed by atoms with Gasteiger partial charge >= 0.3 is 0 Å². The van der Waals surface area contributed by atoms with Crippen molar-refractivity contribution in [1.29, 1.82) is 0 Å². The maximum atomic E-state index is 9.60. The van der Waals surface area contributed by atoms with Crippen molar-refractivity contribution in [3.63, 3.8) is 0 Å². The van der Waals surface area contributed by atoms with Gasteiger partial charge in [0, 0.05) is 6.07 Å². The molecular formula is C20H21N3O2. The molecule has 0 saturated heterocycles. The Morgan fingerprint density at radius 3 is 2.60 bits per heavy atom. The van der Waals surface area contributed by atoms with Crippen LogP contribution >= 0.6 is 0 Å². The Morgan fingerprint density at radius 1 is 1.00 bits per heavy atom. The van der Waals surface area contributed by atoms with Crippen LogP contribution in [0, 0.1) is 0 Å². The van der Waals surface area contributed by atoms with Gasteiger partial charge in [0.15, 0.2) is 5.65 Å². The number of hydrogen-bond donors (Lipinski definition) is 1. The Labute approximate surface area is 146 Å². The molecule has 4 rings (SSSR count). The SMILES string of the molecule is OC1CCC(Oc2ccc3ncc(/C=C/c4ccccc4)n3n2)CC1. The first-order valence-corrected chi connectivity index (χ1v) is 8.70. The van der Waals surface area contributed by atoms with E-state index in [-0.39, 0.29) is 12.2 Å². The normalized spacial score (nSPS) is 21.0. The fraction of sp³-hybridized carbons (Fsp3) is 0.300. The Kier molecular flexibility index (Phi) is 4.48. The highest BCUT2D eigenvalue weighted by molar-refractivity contribution is 5.69. The number of aromatic nitrogens is 3. The minimum atomic E-state index is -0.182. The molecule has 0 radical (unpaired) electrons. The van der Waals surface area contributed by atoms with E-state index in [4.69, 9.17) is 4.74 Å². The minimum absolute atomic E-state index is 0.125. The van der Waals surface area contributed by atoms with E-state index >= 15 is 0 Å². The molecule has 2 aromatic heterocycles. The maximum Gasteiger partial charge on any atom is 0.232 e. The number of ether oxygens (including phenoxy) is 1. The number of rotatable bonds is 4. The molecule has 1 N–H and O–H groups in total. The second kappa shape index (κ2) is 7.07. The van der Waals surface area contributed by atoms with Crippen LogP contribution < -0.4 is 4.74 Å². The van der Waals surface area contributed by atoms with E-state index in [1.54, 1.807) is 4.52 Å². The average molecular weight is 335 g/mol. The van der Waals surface area contributed by atoms with Gasteiger partial charge in [0.05, 0.1) is 18.0 Å². The molecule has 128 valence electrons. The van der Waals surface area contributed by atoms with E-state index in [9.17, 15) is 5.11 Å². The second-order valence-corrected chi connectivity index (χ2v) is 6.42. The quantitative estimate of drug-likeness (QED) is 0.792. The zero-order valence-electron chi connectivity index (χ0n) is 14.0. The minimum Gasteiger partial charge on any atom is -0.473 e. The molecule has 1 fully saturated rings. The number of hydrogen-bond acceptors (Lipinski definition) is 4. The maximum absolute atomic E-state index is 9.60. The van der Waals surface area contributed by atoms with Crippen molar-refractivity contribution < 1.29 is 9.84 Å². The van der Waals surface area contributed by atoms with Gasteiger partial charge in [-0.2, -0.15) is 0 Å². The Bertz CT molecular complexity index is 865. The number of imidazole rings is 1. The standard InChI is InChI=1S/C20H21N3O2/c24-17-8-10-18(11-9-17)25-20-13-12-19-21-14-16(23(19)22-20)7-6-15-4-2-1-3-5-15/h1-7,12-14,17-18,24H,8-11H2/b7-6+. The smallest absolute Gasteiger partial charge is 0.232 e. The summed E-state index contributed by atoms with van der Waals surface area (Å²) >= 11 is 0. The summed E-state index contributed by atoms with van der Waals surface area (Å²) in [5.41, 5.74) is 2.83. The van der Waals surface area contributed by atoms with E-state index in [2.05, 4.69) is 22.2 Å². The van der Waals surface area contributed by atoms with Gasteiger partial charge in [-0.05, 0) is 43.4 Å². The van der Waals surface area contributed by atoms with E-state index in [0.29, 0.717) is 5.88 Å². The molecule has 1 aromatic carbocycles. The van der Waals surface area contributed by atoms with Gasteiger partial charge in [0.25, 0.3) is 0 Å². The van der Waals surface area contributed by atoms with Crippen LogP contribution in [0.3, 0.4) is 0 Å². The van der Waals surface area contributed by atoms with Gasteiger partial charge in [0.1, 0.15) is 6.10 Å². The summed E-state index contributed by atoms with van der Waals surface area (Å²) in [7, 11) is 0. The Balaban J connectivity index is 1.54. The first kappa shape index (κ1) is 15.8. The molecule has 1 aliphatic carbocycles. The topological polar surface area (TPSA) is 59.7 Å². The number of aliphatic hydroxyl groups excluding tert-OH is 1. The van der Waals surface area contributed by atoms with Crippen molar-refractivity contribution in [3.8, 4) is 5.88 Å². The predicted molar refractivity (Wildman–Crippen MR) is 97.2 cm³/mol. The first-order valence-electron chi connectivity index (χ1n) is 8.70. The third kappa shape index (κ3) is 3.72. The van der Waals surface area contributed by atoms with Crippen molar-refractivity contribution in [3.05, 3.63) is 59.9 Å². The van der Waals surface area contributed by atoms with Crippen LogP contribution in [0.1, 0.15) is 36.9 Å². The fourth-order valence-electron chi connectivity index (χ4n) is 3.13. The lowest BCUT2D eigenvalue weighted by molar-refractivity contribution is 0.0637. The molecule has 3 aromatic rings. The summed E-state index contributed by atoms with van der Waals surface area (Å²) in [4.78, 5) is 4.39. The van der Waals surface area contributed by atoms with Crippen molar-refractivity contribution >= 4 is 17.8 Å². The van der Waals surface area contributed by atoms with Crippen LogP contribution in [0.4, 0.5) is 0 Å². The highest BCUT2D eigenvalue weighted by Gasteiger charge is 2.21. The van der Waals surface area contributed by atoms with Crippen molar-refractivity contribution in [1.82, 2.24) is 14.6 Å². The van der Waals surface area contributed by atoms with Crippen molar-refractivity contribution in [2.45, 2.75) is 37.9 Å². The molecule has 1 saturated carbocycles. The number of nitrogens with zero attached hydrogens (tertiary/aromatic N) is 3. The lowest BCUT2D eigenvalue weighted by Gasteiger charge is -2.25. The summed E-state index contributed by atoms with van der Waals surface area (Å²) in [5.74, 6) is 0.598. The predicted octanol–water partition coefficient (Wildman–Crippen LogP) is 3.58. The zero-order chi connectivity index (χ0) is 17.1. The van der Waals surface area contributed by atoms with E-state index in [0.717, 1.165) is 42.6 Å². The van der Waals surface area contributed by atoms with Crippen LogP contribution in [0.2, 0.25) is 0 Å². The van der Waals surface area contributed by atoms with Crippen LogP contribution in [-0.4, -0.2) is 31.9 Å². The molecule has 0 bridgehead atoms. The van der Waals surface area contributed by atoms with E-state index in [1.165, 1.54) is 0 Å². The molecular weight excluding hydrogens is 314 g/mol. The van der Waals surface area contributed by atoms with Gasteiger partial charge in [-0.25, -0.2) is 9.50 Å². The molecule has 25 heavy (non-hydrogen) atoms. The van der Waals surface area contributed by atoms with E-state index in [1.807, 2.05) is 48.7 Å². The molecule has 0 aliphatic heterocycles. The molecule has 1 aliphatic rings. The third-order valence-electron chi connectivity index (χ3n) is 4.54. The Morgan fingerprint density at radius 2 is 1.80 bits per heavy atom. The zero-order valence-corrected chi connectivity index (χ0v) is 14.0. The van der Waals surface area contributed by atoms with Gasteiger partial charge < -0.3 is 9.84 Å². The summed E-state index contributed by atoms with van der Waals surface area (Å²) < 4.78 is 7.80. The highest BCUT2D eigenvalue weighted by Crippen LogP contribution is 2.23. The summed E-state index contributed by atoms with van der Waals surface area (Å²) in [5, 5.41) is 14.2. The largest absolute Gasteiger partial charge is 0.473 e. The van der Waals surface area contributed by atoms with Crippen LogP contribution in [0.25, 0.3) is 17.8 Å². The first-order chi connectivity index (χ1) is 12.3. The summed E-state index contributed by atoms with van der Waals surface area (Å²) in [6.07, 6.45) is 9.12. The molecule has 0 atom stereocenters. The molecule has 5 nitrogen and oxygen atoms in total. The average Bonchev–Trinajstić information content (AvgIpc) is 3.05. The van der Waals surface area contributed by atoms with Crippen LogP contribution in [-0.2, 0) is 0 Å². The van der Waals surface area contributed by atoms with E-state index < -0.39 is 0 Å². The van der Waals surface area contributed by atoms with Crippen LogP contribution in [0.15, 0.2) is 48.7 Å². The van der Waals surface area contributed by atoms with Crippen LogP contribution in [0.5, 0.6) is 5.88 Å². The molecule has 0 amide bonds. The Hall–Kier alpha value is -2.66. The molecule has 0 unspecified atom stereocenters. The summed E-state index contributed by atoms with van der Waals surface area (Å²) in [6, 6.07) is 13.9. The second-order valence-electron chi connectivity index (χ2n) is 6.42. The summed E-state index contributed by atoms with van der Waals surface area (Å²) in [6.45, 7) is 0. The van der Waals surface area contributed by atoms with Crippen molar-refractivity contribution in [2.24, 2.45) is 0 Å². The number of fused-ring (bicyclic) bond motifs is 1. The fourth-order valence-corrected chi connectivity index (χ4v) is 3.13. The number of aliphatic hydroxyl groups is 1. The van der Waals surface area contributed by atoms with Gasteiger partial charge in [-0.15, -0.1) is 5.10 Å². The van der Waals surface area contributed by atoms with Gasteiger partial charge in [-0.3, -0.25) is 0 Å². The monoisotopic (exact) mass is 335 g/mol. The number of benzene rings is 1. The highest BCUT2D eigenvalue weighted by atomic mass is 16.5. The molecule has 2 heterocycles. The van der Waals surface area contributed by atoms with Gasteiger partial charge in [-0.1, -0.05) is 36.4 Å². The van der Waals surface area contributed by atoms with Crippen molar-refractivity contribution in [2.75, 3.05) is 0 Å². The lowest BCUT2D eigenvalue weighted by Crippen LogP contribution is -2.26. The third-order valence-corrected chi connectivity index (χ3v) is 4.54. The molecule has 0 spiro atoms. The molecule has 5 heteroatoms. The lowest BCUT2D eigenvalue weighted by atomic mass is 9.95. The van der Waals surface area contributed by atoms with Gasteiger partial charge in [0.2, 0.25) is 5.88 Å².